The number of methoxy groups -OCH3 is 1. The molecule has 1 N–H and O–H groups in total. The van der Waals surface area contributed by atoms with Crippen molar-refractivity contribution in [3.05, 3.63) is 60.4 Å². The van der Waals surface area contributed by atoms with Crippen molar-refractivity contribution in [1.82, 2.24) is 15.1 Å². The molecule has 8 heteroatoms. The number of H-pyrrole nitrogens is 1. The molecule has 194 valence electrons. The molecule has 3 heterocycles. The van der Waals surface area contributed by atoms with Crippen molar-refractivity contribution in [1.29, 1.82) is 0 Å². The van der Waals surface area contributed by atoms with Crippen LogP contribution in [0.1, 0.15) is 43.5 Å². The predicted molar refractivity (Wildman–Crippen MR) is 145 cm³/mol. The van der Waals surface area contributed by atoms with Gasteiger partial charge in [-0.1, -0.05) is 0 Å². The highest BCUT2D eigenvalue weighted by Gasteiger charge is 2.49. The van der Waals surface area contributed by atoms with Crippen molar-refractivity contribution in [3.63, 3.8) is 0 Å². The zero-order chi connectivity index (χ0) is 26.0. The van der Waals surface area contributed by atoms with Gasteiger partial charge in [0.1, 0.15) is 5.75 Å². The lowest BCUT2D eigenvalue weighted by Gasteiger charge is -2.38. The first-order valence-corrected chi connectivity index (χ1v) is 13.1. The average Bonchev–Trinajstić information content (AvgIpc) is 3.59. The Labute approximate surface area is 218 Å². The Morgan fingerprint density at radius 1 is 1.05 bits per heavy atom. The average molecular weight is 502 g/mol. The first-order chi connectivity index (χ1) is 18.0. The van der Waals surface area contributed by atoms with Gasteiger partial charge in [-0.25, -0.2) is 0 Å². The number of likely N-dealkylation sites (tertiary alicyclic amines) is 1. The molecule has 3 aromatic rings. The number of aromatic amines is 1. The second kappa shape index (κ2) is 10.3. The molecule has 1 spiro atoms. The third-order valence-corrected chi connectivity index (χ3v) is 8.07. The SMILES string of the molecule is CCN(CC)c1ccc(C(=O)N2CCC3(CC2)CCN(c2ccc(-c4cn[nH]c4)c(OC)c2)C3=O)cc1. The summed E-state index contributed by atoms with van der Waals surface area (Å²) in [5.41, 5.74) is 4.14. The fourth-order valence-corrected chi connectivity index (χ4v) is 5.74. The molecule has 2 saturated heterocycles. The summed E-state index contributed by atoms with van der Waals surface area (Å²) in [5, 5.41) is 6.85. The fourth-order valence-electron chi connectivity index (χ4n) is 5.74. The minimum Gasteiger partial charge on any atom is -0.496 e. The number of anilines is 2. The summed E-state index contributed by atoms with van der Waals surface area (Å²) in [6, 6.07) is 13.8. The minimum atomic E-state index is -0.403. The number of amides is 2. The van der Waals surface area contributed by atoms with Crippen LogP contribution in [0.4, 0.5) is 11.4 Å². The van der Waals surface area contributed by atoms with Crippen LogP contribution in [0.15, 0.2) is 54.9 Å². The van der Waals surface area contributed by atoms with Crippen LogP contribution in [0, 0.1) is 5.41 Å². The highest BCUT2D eigenvalue weighted by Crippen LogP contribution is 2.44. The molecule has 5 rings (SSSR count). The smallest absolute Gasteiger partial charge is 0.253 e. The van der Waals surface area contributed by atoms with Gasteiger partial charge < -0.3 is 19.4 Å². The van der Waals surface area contributed by atoms with Crippen LogP contribution in [0.3, 0.4) is 0 Å². The van der Waals surface area contributed by atoms with Gasteiger partial charge in [0.05, 0.1) is 18.7 Å². The lowest BCUT2D eigenvalue weighted by molar-refractivity contribution is -0.127. The maximum Gasteiger partial charge on any atom is 0.253 e. The van der Waals surface area contributed by atoms with Crippen LogP contribution < -0.4 is 14.5 Å². The quantitative estimate of drug-likeness (QED) is 0.512. The number of ether oxygens (including phenoxy) is 1. The molecule has 37 heavy (non-hydrogen) atoms. The number of aromatic nitrogens is 2. The standard InChI is InChI=1S/C29H35N5O3/c1-4-32(5-2)23-8-6-21(7-9-23)27(35)33-15-12-29(13-16-33)14-17-34(28(29)36)24-10-11-25(26(18-24)37-3)22-19-30-31-20-22/h6-11,18-20H,4-5,12-17H2,1-3H3,(H,30,31). The topological polar surface area (TPSA) is 81.8 Å². The van der Waals surface area contributed by atoms with E-state index in [4.69, 9.17) is 4.74 Å². The van der Waals surface area contributed by atoms with E-state index in [-0.39, 0.29) is 11.8 Å². The summed E-state index contributed by atoms with van der Waals surface area (Å²) in [6.07, 6.45) is 5.76. The van der Waals surface area contributed by atoms with Crippen LogP contribution in [-0.2, 0) is 4.79 Å². The summed E-state index contributed by atoms with van der Waals surface area (Å²) in [7, 11) is 1.64. The van der Waals surface area contributed by atoms with Gasteiger partial charge in [-0.2, -0.15) is 5.10 Å². The maximum absolute atomic E-state index is 13.7. The van der Waals surface area contributed by atoms with Gasteiger partial charge in [-0.15, -0.1) is 0 Å². The second-order valence-electron chi connectivity index (χ2n) is 9.87. The Bertz CT molecular complexity index is 1240. The predicted octanol–water partition coefficient (Wildman–Crippen LogP) is 4.59. The van der Waals surface area contributed by atoms with Crippen molar-refractivity contribution in [2.45, 2.75) is 33.1 Å². The van der Waals surface area contributed by atoms with Crippen molar-refractivity contribution in [3.8, 4) is 16.9 Å². The number of hydrogen-bond donors (Lipinski definition) is 1. The van der Waals surface area contributed by atoms with E-state index in [0.717, 1.165) is 42.0 Å². The Hall–Kier alpha value is -3.81. The zero-order valence-corrected chi connectivity index (χ0v) is 21.9. The molecule has 0 aliphatic carbocycles. The lowest BCUT2D eigenvalue weighted by atomic mass is 9.77. The van der Waals surface area contributed by atoms with Gasteiger partial charge in [-0.05, 0) is 69.5 Å². The molecule has 1 aromatic heterocycles. The van der Waals surface area contributed by atoms with Crippen LogP contribution in [0.25, 0.3) is 11.1 Å². The number of rotatable bonds is 7. The molecular weight excluding hydrogens is 466 g/mol. The highest BCUT2D eigenvalue weighted by atomic mass is 16.5. The molecule has 2 aliphatic heterocycles. The number of carbonyl (C=O) groups is 2. The summed E-state index contributed by atoms with van der Waals surface area (Å²) < 4.78 is 5.63. The van der Waals surface area contributed by atoms with Gasteiger partial charge in [0.25, 0.3) is 5.91 Å². The zero-order valence-electron chi connectivity index (χ0n) is 21.9. The Morgan fingerprint density at radius 2 is 1.76 bits per heavy atom. The Kier molecular flexibility index (Phi) is 6.91. The molecule has 0 saturated carbocycles. The third kappa shape index (κ3) is 4.56. The van der Waals surface area contributed by atoms with Crippen molar-refractivity contribution in [2.24, 2.45) is 5.41 Å². The number of benzene rings is 2. The minimum absolute atomic E-state index is 0.0443. The van der Waals surface area contributed by atoms with E-state index in [1.54, 1.807) is 13.3 Å². The molecule has 2 fully saturated rings. The van der Waals surface area contributed by atoms with Crippen LogP contribution in [0.2, 0.25) is 0 Å². The van der Waals surface area contributed by atoms with E-state index in [2.05, 4.69) is 28.9 Å². The van der Waals surface area contributed by atoms with Gasteiger partial charge >= 0.3 is 0 Å². The Balaban J connectivity index is 1.25. The molecule has 2 aliphatic rings. The number of piperidine rings is 1. The molecule has 0 bridgehead atoms. The van der Waals surface area contributed by atoms with E-state index in [9.17, 15) is 9.59 Å². The first kappa shape index (κ1) is 24.9. The van der Waals surface area contributed by atoms with E-state index in [0.29, 0.717) is 43.8 Å². The summed E-state index contributed by atoms with van der Waals surface area (Å²) in [4.78, 5) is 32.9. The maximum atomic E-state index is 13.7. The molecule has 8 nitrogen and oxygen atoms in total. The fraction of sp³-hybridized carbons (Fsp3) is 0.414. The number of nitrogens with zero attached hydrogens (tertiary/aromatic N) is 4. The summed E-state index contributed by atoms with van der Waals surface area (Å²) in [6.45, 7) is 8.00. The van der Waals surface area contributed by atoms with Crippen molar-refractivity contribution in [2.75, 3.05) is 49.6 Å². The number of hydrogen-bond acceptors (Lipinski definition) is 5. The molecule has 0 atom stereocenters. The largest absolute Gasteiger partial charge is 0.496 e. The lowest BCUT2D eigenvalue weighted by Crippen LogP contribution is -2.46. The van der Waals surface area contributed by atoms with Crippen LogP contribution >= 0.6 is 0 Å². The molecular formula is C29H35N5O3. The summed E-state index contributed by atoms with van der Waals surface area (Å²) >= 11 is 0. The normalized spacial score (nSPS) is 16.9. The molecule has 0 unspecified atom stereocenters. The third-order valence-electron chi connectivity index (χ3n) is 8.07. The molecule has 2 amide bonds. The van der Waals surface area contributed by atoms with Crippen LogP contribution in [0.5, 0.6) is 5.75 Å². The van der Waals surface area contributed by atoms with Crippen molar-refractivity contribution >= 4 is 23.2 Å². The highest BCUT2D eigenvalue weighted by molar-refractivity contribution is 6.01. The number of carbonyl (C=O) groups excluding carboxylic acids is 2. The van der Waals surface area contributed by atoms with Gasteiger partial charge in [0, 0.05) is 73.1 Å². The van der Waals surface area contributed by atoms with E-state index in [1.165, 1.54) is 0 Å². The van der Waals surface area contributed by atoms with Crippen molar-refractivity contribution < 1.29 is 14.3 Å². The van der Waals surface area contributed by atoms with Gasteiger partial charge in [0.2, 0.25) is 5.91 Å². The van der Waals surface area contributed by atoms with E-state index in [1.807, 2.05) is 58.5 Å². The number of nitrogens with one attached hydrogen (secondary N) is 1. The van der Waals surface area contributed by atoms with E-state index >= 15 is 0 Å². The molecule has 0 radical (unpaired) electrons. The monoisotopic (exact) mass is 501 g/mol. The second-order valence-corrected chi connectivity index (χ2v) is 9.87. The van der Waals surface area contributed by atoms with Gasteiger partial charge in [-0.3, -0.25) is 14.7 Å². The summed E-state index contributed by atoms with van der Waals surface area (Å²) in [5.74, 6) is 0.907. The van der Waals surface area contributed by atoms with Crippen LogP contribution in [-0.4, -0.2) is 66.7 Å². The van der Waals surface area contributed by atoms with E-state index < -0.39 is 5.41 Å². The first-order valence-electron chi connectivity index (χ1n) is 13.1. The molecule has 2 aromatic carbocycles. The van der Waals surface area contributed by atoms with Gasteiger partial charge in [0.15, 0.2) is 0 Å². The Morgan fingerprint density at radius 3 is 2.38 bits per heavy atom.